The van der Waals surface area contributed by atoms with Crippen molar-refractivity contribution in [1.82, 2.24) is 0 Å². The van der Waals surface area contributed by atoms with Gasteiger partial charge < -0.3 is 16.6 Å². The largest absolute Gasteiger partial charge is 0.481 e. The Kier molecular flexibility index (Phi) is 28.4. The Hall–Kier alpha value is 0.390. The summed E-state index contributed by atoms with van der Waals surface area (Å²) in [6.07, 6.45) is 0. The smallest absolute Gasteiger partial charge is 0.300 e. The van der Waals surface area contributed by atoms with Gasteiger partial charge in [-0.05, 0) is 0 Å². The molecule has 0 saturated heterocycles. The second kappa shape index (κ2) is 15.8. The van der Waals surface area contributed by atoms with Crippen LogP contribution in [0.1, 0.15) is 6.92 Å². The third kappa shape index (κ3) is 177. The van der Waals surface area contributed by atoms with E-state index in [0.717, 1.165) is 6.92 Å². The van der Waals surface area contributed by atoms with Gasteiger partial charge in [-0.15, -0.1) is 0 Å². The van der Waals surface area contributed by atoms with Crippen LogP contribution in [-0.2, 0) is 4.79 Å². The number of rotatable bonds is 1. The predicted octanol–water partition coefficient (Wildman–Crippen LogP) is -1.39. The Morgan fingerprint density at radius 1 is 1.44 bits per heavy atom. The van der Waals surface area contributed by atoms with E-state index in [1.807, 2.05) is 0 Å². The standard InChI is InChI=1S/C2H8N2.C2H4O2.Na/c3-1-2-4;1-2(3)4;/h1-4H2;1H3,(H,3,4);. The molecule has 0 unspecified atom stereocenters. The van der Waals surface area contributed by atoms with Gasteiger partial charge in [0.05, 0.1) is 0 Å². The van der Waals surface area contributed by atoms with Crippen LogP contribution in [0.5, 0.6) is 0 Å². The van der Waals surface area contributed by atoms with E-state index in [-0.39, 0.29) is 29.6 Å². The zero-order valence-electron chi connectivity index (χ0n) is 5.92. The maximum absolute atomic E-state index is 9.00. The first-order valence-electron chi connectivity index (χ1n) is 2.24. The molecule has 0 atom stereocenters. The number of nitrogens with two attached hydrogens (primary N) is 2. The van der Waals surface area contributed by atoms with Crippen molar-refractivity contribution >= 4 is 35.5 Å². The van der Waals surface area contributed by atoms with Crippen molar-refractivity contribution in [3.8, 4) is 0 Å². The molecule has 0 rings (SSSR count). The summed E-state index contributed by atoms with van der Waals surface area (Å²) in [7, 11) is 0. The molecule has 0 saturated carbocycles. The first-order chi connectivity index (χ1) is 3.65. The fourth-order valence-corrected chi connectivity index (χ4v) is 0. The average molecular weight is 143 g/mol. The summed E-state index contributed by atoms with van der Waals surface area (Å²) in [6, 6.07) is 0. The van der Waals surface area contributed by atoms with Crippen molar-refractivity contribution in [2.24, 2.45) is 11.5 Å². The minimum atomic E-state index is -0.833. The number of carboxylic acids is 1. The van der Waals surface area contributed by atoms with Gasteiger partial charge in [-0.1, -0.05) is 0 Å². The van der Waals surface area contributed by atoms with Crippen LogP contribution in [0.4, 0.5) is 0 Å². The molecular weight excluding hydrogens is 131 g/mol. The van der Waals surface area contributed by atoms with E-state index in [1.165, 1.54) is 0 Å². The van der Waals surface area contributed by atoms with Gasteiger partial charge in [0.15, 0.2) is 0 Å². The molecule has 4 nitrogen and oxygen atoms in total. The van der Waals surface area contributed by atoms with Gasteiger partial charge in [0.1, 0.15) is 0 Å². The van der Waals surface area contributed by atoms with Crippen LogP contribution >= 0.6 is 0 Å². The molecule has 0 bridgehead atoms. The summed E-state index contributed by atoms with van der Waals surface area (Å²) in [4.78, 5) is 9.00. The minimum Gasteiger partial charge on any atom is -0.481 e. The van der Waals surface area contributed by atoms with Gasteiger partial charge in [0.2, 0.25) is 0 Å². The predicted molar refractivity (Wildman–Crippen MR) is 37.2 cm³/mol. The van der Waals surface area contributed by atoms with Gasteiger partial charge >= 0.3 is 0 Å². The molecular formula is C4H12N2NaO2. The third-order valence-electron chi connectivity index (χ3n) is 0.167. The second-order valence-corrected chi connectivity index (χ2v) is 1.10. The Balaban J connectivity index is -0.0000000720. The van der Waals surface area contributed by atoms with Crippen LogP contribution in [0.15, 0.2) is 0 Å². The van der Waals surface area contributed by atoms with Gasteiger partial charge in [0, 0.05) is 49.6 Å². The van der Waals surface area contributed by atoms with E-state index in [4.69, 9.17) is 21.4 Å². The van der Waals surface area contributed by atoms with Gasteiger partial charge in [-0.3, -0.25) is 4.79 Å². The number of hydrogen-bond acceptors (Lipinski definition) is 3. The SMILES string of the molecule is CC(=O)O.NCCN.[Na]. The first-order valence-corrected chi connectivity index (χ1v) is 2.24. The van der Waals surface area contributed by atoms with Crippen molar-refractivity contribution in [2.45, 2.75) is 6.92 Å². The Labute approximate surface area is 76.9 Å². The Bertz CT molecular complexity index is 54.5. The summed E-state index contributed by atoms with van der Waals surface area (Å²) in [6.45, 7) is 2.28. The van der Waals surface area contributed by atoms with Crippen LogP contribution < -0.4 is 11.5 Å². The molecule has 1 radical (unpaired) electrons. The van der Waals surface area contributed by atoms with E-state index in [1.54, 1.807) is 0 Å². The number of carboxylic acid groups (broad SMARTS) is 1. The molecule has 9 heavy (non-hydrogen) atoms. The van der Waals surface area contributed by atoms with E-state index >= 15 is 0 Å². The molecule has 0 aromatic carbocycles. The first kappa shape index (κ1) is 16.2. The molecule has 0 aromatic rings. The molecule has 0 aliphatic rings. The Morgan fingerprint density at radius 3 is 1.56 bits per heavy atom. The van der Waals surface area contributed by atoms with E-state index in [9.17, 15) is 0 Å². The molecule has 0 aliphatic heterocycles. The van der Waals surface area contributed by atoms with Crippen LogP contribution in [0, 0.1) is 0 Å². The monoisotopic (exact) mass is 143 g/mol. The fourth-order valence-electron chi connectivity index (χ4n) is 0. The zero-order chi connectivity index (χ0) is 6.99. The van der Waals surface area contributed by atoms with Crippen molar-refractivity contribution in [3.05, 3.63) is 0 Å². The van der Waals surface area contributed by atoms with Crippen LogP contribution in [0.2, 0.25) is 0 Å². The van der Waals surface area contributed by atoms with Gasteiger partial charge in [0.25, 0.3) is 5.97 Å². The summed E-state index contributed by atoms with van der Waals surface area (Å²) >= 11 is 0. The summed E-state index contributed by atoms with van der Waals surface area (Å²) in [5.74, 6) is -0.833. The molecule has 0 fully saturated rings. The third-order valence-corrected chi connectivity index (χ3v) is 0.167. The van der Waals surface area contributed by atoms with Crippen LogP contribution in [0.25, 0.3) is 0 Å². The Morgan fingerprint density at radius 2 is 1.56 bits per heavy atom. The molecule has 51 valence electrons. The molecule has 0 heterocycles. The minimum absolute atomic E-state index is 0. The molecule has 0 aliphatic carbocycles. The van der Waals surface area contributed by atoms with E-state index in [0.29, 0.717) is 13.1 Å². The molecule has 5 N–H and O–H groups in total. The maximum atomic E-state index is 9.00. The zero-order valence-corrected chi connectivity index (χ0v) is 7.92. The normalized spacial score (nSPS) is 6.11. The topological polar surface area (TPSA) is 89.3 Å². The number of hydrogen-bond donors (Lipinski definition) is 3. The molecule has 0 amide bonds. The van der Waals surface area contributed by atoms with Crippen molar-refractivity contribution in [2.75, 3.05) is 13.1 Å². The quantitative estimate of drug-likeness (QED) is 0.394. The van der Waals surface area contributed by atoms with E-state index < -0.39 is 5.97 Å². The molecule has 0 aromatic heterocycles. The molecule has 5 heteroatoms. The second-order valence-electron chi connectivity index (χ2n) is 1.10. The maximum Gasteiger partial charge on any atom is 0.300 e. The van der Waals surface area contributed by atoms with Crippen molar-refractivity contribution in [1.29, 1.82) is 0 Å². The average Bonchev–Trinajstić information content (AvgIpc) is 1.65. The number of aliphatic carboxylic acids is 1. The van der Waals surface area contributed by atoms with Crippen LogP contribution in [0.3, 0.4) is 0 Å². The summed E-state index contributed by atoms with van der Waals surface area (Å²) in [5, 5.41) is 7.42. The summed E-state index contributed by atoms with van der Waals surface area (Å²) < 4.78 is 0. The fraction of sp³-hybridized carbons (Fsp3) is 0.750. The van der Waals surface area contributed by atoms with Crippen molar-refractivity contribution < 1.29 is 9.90 Å². The van der Waals surface area contributed by atoms with E-state index in [2.05, 4.69) is 0 Å². The van der Waals surface area contributed by atoms with Gasteiger partial charge in [-0.25, -0.2) is 0 Å². The summed E-state index contributed by atoms with van der Waals surface area (Å²) in [5.41, 5.74) is 9.81. The van der Waals surface area contributed by atoms with Gasteiger partial charge in [-0.2, -0.15) is 0 Å². The van der Waals surface area contributed by atoms with Crippen LogP contribution in [-0.4, -0.2) is 53.7 Å². The van der Waals surface area contributed by atoms with Crippen molar-refractivity contribution in [3.63, 3.8) is 0 Å². The number of carbonyl (C=O) groups is 1. The molecule has 0 spiro atoms.